The van der Waals surface area contributed by atoms with Crippen LogP contribution in [0.25, 0.3) is 0 Å². The van der Waals surface area contributed by atoms with E-state index in [4.69, 9.17) is 0 Å². The fourth-order valence-corrected chi connectivity index (χ4v) is 3.81. The minimum absolute atomic E-state index is 0.0957. The molecule has 19 heavy (non-hydrogen) atoms. The van der Waals surface area contributed by atoms with Crippen LogP contribution in [0, 0.1) is 0 Å². The van der Waals surface area contributed by atoms with Gasteiger partial charge in [0, 0.05) is 19.1 Å². The second-order valence-corrected chi connectivity index (χ2v) is 7.06. The first-order valence-corrected chi connectivity index (χ1v) is 8.43. The van der Waals surface area contributed by atoms with Crippen LogP contribution in [0.3, 0.4) is 0 Å². The van der Waals surface area contributed by atoms with E-state index in [2.05, 4.69) is 9.62 Å². The SMILES string of the molecule is CN(C)CCCCNS(=O)(=O)N1CCCCC1CO. The fourth-order valence-electron chi connectivity index (χ4n) is 2.31. The van der Waals surface area contributed by atoms with Gasteiger partial charge >= 0.3 is 0 Å². The Bertz CT molecular complexity index is 346. The second kappa shape index (κ2) is 8.16. The highest BCUT2D eigenvalue weighted by Gasteiger charge is 2.31. The minimum atomic E-state index is -3.44. The number of piperidine rings is 1. The van der Waals surface area contributed by atoms with Crippen molar-refractivity contribution in [2.75, 3.05) is 40.3 Å². The number of aliphatic hydroxyl groups excluding tert-OH is 1. The van der Waals surface area contributed by atoms with E-state index >= 15 is 0 Å². The van der Waals surface area contributed by atoms with Crippen LogP contribution in [0.5, 0.6) is 0 Å². The number of hydrogen-bond donors (Lipinski definition) is 2. The highest BCUT2D eigenvalue weighted by molar-refractivity contribution is 7.87. The van der Waals surface area contributed by atoms with Crippen molar-refractivity contribution in [1.82, 2.24) is 13.9 Å². The van der Waals surface area contributed by atoms with Crippen LogP contribution in [-0.2, 0) is 10.2 Å². The monoisotopic (exact) mass is 293 g/mol. The van der Waals surface area contributed by atoms with E-state index in [1.54, 1.807) is 0 Å². The van der Waals surface area contributed by atoms with Gasteiger partial charge in [0.25, 0.3) is 10.2 Å². The third-order valence-electron chi connectivity index (χ3n) is 3.41. The van der Waals surface area contributed by atoms with E-state index in [0.29, 0.717) is 13.1 Å². The Morgan fingerprint density at radius 1 is 1.32 bits per heavy atom. The molecule has 0 spiro atoms. The summed E-state index contributed by atoms with van der Waals surface area (Å²) in [5, 5.41) is 9.26. The maximum atomic E-state index is 12.1. The van der Waals surface area contributed by atoms with E-state index in [-0.39, 0.29) is 12.6 Å². The molecule has 1 unspecified atom stereocenters. The summed E-state index contributed by atoms with van der Waals surface area (Å²) in [4.78, 5) is 2.08. The molecule has 1 fully saturated rings. The standard InChI is InChI=1S/C12H27N3O3S/c1-14(2)9-6-4-8-13-19(17,18)15-10-5-3-7-12(15)11-16/h12-13,16H,3-11H2,1-2H3. The zero-order valence-corrected chi connectivity index (χ0v) is 12.8. The van der Waals surface area contributed by atoms with Crippen LogP contribution >= 0.6 is 0 Å². The molecule has 0 aromatic heterocycles. The van der Waals surface area contributed by atoms with Gasteiger partial charge in [-0.2, -0.15) is 12.7 Å². The molecule has 2 N–H and O–H groups in total. The second-order valence-electron chi connectivity index (χ2n) is 5.35. The van der Waals surface area contributed by atoms with Crippen molar-refractivity contribution >= 4 is 10.2 Å². The summed E-state index contributed by atoms with van der Waals surface area (Å²) in [6, 6.07) is -0.256. The predicted octanol–water partition coefficient (Wildman–Crippen LogP) is 0.00940. The lowest BCUT2D eigenvalue weighted by Gasteiger charge is -2.33. The lowest BCUT2D eigenvalue weighted by atomic mass is 10.1. The van der Waals surface area contributed by atoms with Gasteiger partial charge in [-0.15, -0.1) is 0 Å². The van der Waals surface area contributed by atoms with Crippen molar-refractivity contribution in [3.63, 3.8) is 0 Å². The van der Waals surface area contributed by atoms with Gasteiger partial charge in [0.05, 0.1) is 6.61 Å². The number of aliphatic hydroxyl groups is 1. The van der Waals surface area contributed by atoms with E-state index in [9.17, 15) is 13.5 Å². The van der Waals surface area contributed by atoms with E-state index in [1.165, 1.54) is 4.31 Å². The molecule has 1 atom stereocenters. The summed E-state index contributed by atoms with van der Waals surface area (Å²) in [7, 11) is 0.572. The normalized spacial score (nSPS) is 22.0. The molecule has 1 heterocycles. The van der Waals surface area contributed by atoms with E-state index in [1.807, 2.05) is 14.1 Å². The minimum Gasteiger partial charge on any atom is -0.395 e. The van der Waals surface area contributed by atoms with Gasteiger partial charge in [-0.05, 0) is 46.3 Å². The molecule has 1 aliphatic heterocycles. The number of nitrogens with zero attached hydrogens (tertiary/aromatic N) is 2. The van der Waals surface area contributed by atoms with Crippen LogP contribution in [0.2, 0.25) is 0 Å². The van der Waals surface area contributed by atoms with Crippen LogP contribution in [0.1, 0.15) is 32.1 Å². The average molecular weight is 293 g/mol. The van der Waals surface area contributed by atoms with Crippen molar-refractivity contribution in [2.45, 2.75) is 38.1 Å². The largest absolute Gasteiger partial charge is 0.395 e. The first-order chi connectivity index (χ1) is 8.97. The van der Waals surface area contributed by atoms with Gasteiger partial charge in [0.1, 0.15) is 0 Å². The number of unbranched alkanes of at least 4 members (excludes halogenated alkanes) is 1. The van der Waals surface area contributed by atoms with Gasteiger partial charge in [0.15, 0.2) is 0 Å². The molecule has 0 radical (unpaired) electrons. The molecule has 0 aromatic carbocycles. The topological polar surface area (TPSA) is 72.9 Å². The fraction of sp³-hybridized carbons (Fsp3) is 1.00. The molecule has 0 bridgehead atoms. The molecule has 7 heteroatoms. The van der Waals surface area contributed by atoms with Crippen LogP contribution < -0.4 is 4.72 Å². The van der Waals surface area contributed by atoms with Gasteiger partial charge in [-0.1, -0.05) is 6.42 Å². The molecule has 0 saturated carbocycles. The maximum Gasteiger partial charge on any atom is 0.279 e. The Morgan fingerprint density at radius 2 is 2.05 bits per heavy atom. The highest BCUT2D eigenvalue weighted by atomic mass is 32.2. The summed E-state index contributed by atoms with van der Waals surface area (Å²) < 4.78 is 28.3. The zero-order chi connectivity index (χ0) is 14.3. The van der Waals surface area contributed by atoms with E-state index in [0.717, 1.165) is 38.6 Å². The molecule has 0 amide bonds. The third kappa shape index (κ3) is 5.74. The lowest BCUT2D eigenvalue weighted by molar-refractivity contribution is 0.154. The van der Waals surface area contributed by atoms with Crippen LogP contribution in [0.15, 0.2) is 0 Å². The van der Waals surface area contributed by atoms with Gasteiger partial charge < -0.3 is 10.0 Å². The third-order valence-corrected chi connectivity index (χ3v) is 5.08. The average Bonchev–Trinajstić information content (AvgIpc) is 2.37. The summed E-state index contributed by atoms with van der Waals surface area (Å²) in [6.45, 7) is 1.84. The van der Waals surface area contributed by atoms with Crippen molar-refractivity contribution in [1.29, 1.82) is 0 Å². The summed E-state index contributed by atoms with van der Waals surface area (Å²) >= 11 is 0. The number of hydrogen-bond acceptors (Lipinski definition) is 4. The molecule has 0 aromatic rings. The quantitative estimate of drug-likeness (QED) is 0.618. The van der Waals surface area contributed by atoms with Crippen molar-refractivity contribution < 1.29 is 13.5 Å². The van der Waals surface area contributed by atoms with Crippen LogP contribution in [-0.4, -0.2) is 69.1 Å². The number of rotatable bonds is 8. The predicted molar refractivity (Wildman–Crippen MR) is 76.1 cm³/mol. The molecule has 114 valence electrons. The first-order valence-electron chi connectivity index (χ1n) is 6.99. The first kappa shape index (κ1) is 16.8. The van der Waals surface area contributed by atoms with Crippen molar-refractivity contribution in [2.24, 2.45) is 0 Å². The summed E-state index contributed by atoms with van der Waals surface area (Å²) in [5.41, 5.74) is 0. The molecule has 6 nitrogen and oxygen atoms in total. The molecular weight excluding hydrogens is 266 g/mol. The van der Waals surface area contributed by atoms with Gasteiger partial charge in [-0.3, -0.25) is 0 Å². The summed E-state index contributed by atoms with van der Waals surface area (Å²) in [6.07, 6.45) is 4.41. The van der Waals surface area contributed by atoms with Crippen LogP contribution in [0.4, 0.5) is 0 Å². The smallest absolute Gasteiger partial charge is 0.279 e. The van der Waals surface area contributed by atoms with Crippen molar-refractivity contribution in [3.8, 4) is 0 Å². The van der Waals surface area contributed by atoms with Gasteiger partial charge in [0.2, 0.25) is 0 Å². The molecular formula is C12H27N3O3S. The maximum absolute atomic E-state index is 12.1. The molecule has 1 rings (SSSR count). The molecule has 0 aliphatic carbocycles. The summed E-state index contributed by atoms with van der Waals surface area (Å²) in [5.74, 6) is 0. The Kier molecular flexibility index (Phi) is 7.23. The molecule has 1 aliphatic rings. The Balaban J connectivity index is 2.37. The van der Waals surface area contributed by atoms with Crippen molar-refractivity contribution in [3.05, 3.63) is 0 Å². The Morgan fingerprint density at radius 3 is 2.68 bits per heavy atom. The number of nitrogens with one attached hydrogen (secondary N) is 1. The Labute approximate surface area is 117 Å². The highest BCUT2D eigenvalue weighted by Crippen LogP contribution is 2.19. The van der Waals surface area contributed by atoms with E-state index < -0.39 is 10.2 Å². The molecule has 1 saturated heterocycles. The lowest BCUT2D eigenvalue weighted by Crippen LogP contribution is -2.50. The Hall–Kier alpha value is -0.210. The van der Waals surface area contributed by atoms with Gasteiger partial charge in [-0.25, -0.2) is 4.72 Å². The zero-order valence-electron chi connectivity index (χ0n) is 12.0.